The van der Waals surface area contributed by atoms with Crippen LogP contribution in [0.5, 0.6) is 0 Å². The van der Waals surface area contributed by atoms with Crippen LogP contribution in [0.4, 0.5) is 5.69 Å². The fourth-order valence-electron chi connectivity index (χ4n) is 4.46. The molecule has 4 nitrogen and oxygen atoms in total. The van der Waals surface area contributed by atoms with Crippen molar-refractivity contribution in [1.82, 2.24) is 10.1 Å². The number of benzene rings is 2. The first-order valence-corrected chi connectivity index (χ1v) is 9.37. The lowest BCUT2D eigenvalue weighted by molar-refractivity contribution is 0.366. The Balaban J connectivity index is 1.65. The van der Waals surface area contributed by atoms with Crippen LogP contribution in [0.1, 0.15) is 54.6 Å². The number of aromatic nitrogens is 2. The first-order chi connectivity index (χ1) is 12.6. The lowest BCUT2D eigenvalue weighted by atomic mass is 9.75. The van der Waals surface area contributed by atoms with Crippen LogP contribution in [0.25, 0.3) is 11.1 Å². The van der Waals surface area contributed by atoms with Gasteiger partial charge in [-0.1, -0.05) is 54.4 Å². The second-order valence-corrected chi connectivity index (χ2v) is 8.00. The minimum atomic E-state index is -0.313. The molecule has 5 rings (SSSR count). The molecule has 0 radical (unpaired) electrons. The fraction of sp³-hybridized carbons (Fsp3) is 0.364. The van der Waals surface area contributed by atoms with Gasteiger partial charge >= 0.3 is 0 Å². The maximum absolute atomic E-state index is 6.75. The average molecular weight is 345 g/mol. The first kappa shape index (κ1) is 15.6. The summed E-state index contributed by atoms with van der Waals surface area (Å²) < 4.78 is 5.32. The molecular formula is C22H23N3O. The Bertz CT molecular complexity index is 1000. The van der Waals surface area contributed by atoms with Crippen molar-refractivity contribution in [3.05, 3.63) is 64.8 Å². The maximum Gasteiger partial charge on any atom is 0.223 e. The number of nitrogens with zero attached hydrogens (tertiary/aromatic N) is 2. The zero-order chi connectivity index (χ0) is 17.9. The van der Waals surface area contributed by atoms with Crippen molar-refractivity contribution in [2.45, 2.75) is 44.9 Å². The number of hydrogen-bond donors (Lipinski definition) is 1. The minimum Gasteiger partial charge on any atom is -0.398 e. The van der Waals surface area contributed by atoms with E-state index >= 15 is 0 Å². The molecule has 4 heteroatoms. The van der Waals surface area contributed by atoms with Gasteiger partial charge in [0.1, 0.15) is 0 Å². The monoisotopic (exact) mass is 345 g/mol. The van der Waals surface area contributed by atoms with E-state index in [-0.39, 0.29) is 5.41 Å². The van der Waals surface area contributed by atoms with Crippen LogP contribution in [0.2, 0.25) is 0 Å². The Hall–Kier alpha value is -2.62. The molecule has 2 aromatic carbocycles. The molecule has 1 aromatic heterocycles. The molecule has 0 bridgehead atoms. The van der Waals surface area contributed by atoms with Gasteiger partial charge in [0, 0.05) is 19.0 Å². The van der Waals surface area contributed by atoms with Gasteiger partial charge in [-0.2, -0.15) is 4.98 Å². The second-order valence-electron chi connectivity index (χ2n) is 8.00. The topological polar surface area (TPSA) is 64.9 Å². The molecule has 0 unspecified atom stereocenters. The number of anilines is 1. The molecule has 0 saturated heterocycles. The highest BCUT2D eigenvalue weighted by Crippen LogP contribution is 2.49. The van der Waals surface area contributed by atoms with Crippen LogP contribution >= 0.6 is 0 Å². The van der Waals surface area contributed by atoms with Crippen molar-refractivity contribution in [3.63, 3.8) is 0 Å². The predicted octanol–water partition coefficient (Wildman–Crippen LogP) is 4.64. The van der Waals surface area contributed by atoms with E-state index in [1.807, 2.05) is 6.92 Å². The average Bonchev–Trinajstić information content (AvgIpc) is 3.18. The number of aryl methyl sites for hydroxylation is 1. The van der Waals surface area contributed by atoms with E-state index in [0.717, 1.165) is 35.8 Å². The van der Waals surface area contributed by atoms with Crippen molar-refractivity contribution in [2.75, 3.05) is 5.73 Å². The maximum atomic E-state index is 6.75. The fourth-order valence-corrected chi connectivity index (χ4v) is 4.46. The normalized spacial score (nSPS) is 17.6. The van der Waals surface area contributed by atoms with Gasteiger partial charge in [-0.05, 0) is 47.1 Å². The molecule has 1 fully saturated rings. The summed E-state index contributed by atoms with van der Waals surface area (Å²) >= 11 is 0. The number of nitrogens with two attached hydrogens (primary N) is 1. The van der Waals surface area contributed by atoms with Crippen molar-refractivity contribution in [3.8, 4) is 11.1 Å². The molecule has 132 valence electrons. The largest absolute Gasteiger partial charge is 0.398 e. The number of rotatable bonds is 4. The van der Waals surface area contributed by atoms with Gasteiger partial charge in [0.15, 0.2) is 5.82 Å². The van der Waals surface area contributed by atoms with E-state index in [1.165, 1.54) is 35.1 Å². The molecule has 1 heterocycles. The van der Waals surface area contributed by atoms with E-state index in [9.17, 15) is 0 Å². The predicted molar refractivity (Wildman–Crippen MR) is 102 cm³/mol. The second kappa shape index (κ2) is 5.44. The third kappa shape index (κ3) is 2.28. The van der Waals surface area contributed by atoms with Crippen molar-refractivity contribution >= 4 is 5.69 Å². The molecule has 2 aliphatic carbocycles. The Kier molecular flexibility index (Phi) is 3.27. The summed E-state index contributed by atoms with van der Waals surface area (Å²) in [6.45, 7) is 4.06. The van der Waals surface area contributed by atoms with Gasteiger partial charge in [0.2, 0.25) is 5.89 Å². The third-order valence-corrected chi connectivity index (χ3v) is 6.04. The van der Waals surface area contributed by atoms with E-state index in [2.05, 4.69) is 53.5 Å². The molecule has 1 atom stereocenters. The third-order valence-electron chi connectivity index (χ3n) is 6.04. The van der Waals surface area contributed by atoms with Crippen LogP contribution in [-0.4, -0.2) is 10.1 Å². The molecule has 0 spiro atoms. The van der Waals surface area contributed by atoms with Gasteiger partial charge in [-0.3, -0.25) is 0 Å². The van der Waals surface area contributed by atoms with E-state index in [4.69, 9.17) is 10.3 Å². The van der Waals surface area contributed by atoms with E-state index in [0.29, 0.717) is 5.89 Å². The molecule has 1 saturated carbocycles. The number of fused-ring (bicyclic) bond motifs is 3. The van der Waals surface area contributed by atoms with Crippen LogP contribution in [-0.2, 0) is 11.8 Å². The lowest BCUT2D eigenvalue weighted by Gasteiger charge is -2.29. The van der Waals surface area contributed by atoms with Gasteiger partial charge in [0.25, 0.3) is 0 Å². The van der Waals surface area contributed by atoms with Crippen LogP contribution in [0.15, 0.2) is 40.9 Å². The van der Waals surface area contributed by atoms with Gasteiger partial charge in [0.05, 0.1) is 5.41 Å². The van der Waals surface area contributed by atoms with E-state index in [1.54, 1.807) is 0 Å². The van der Waals surface area contributed by atoms with E-state index < -0.39 is 0 Å². The van der Waals surface area contributed by atoms with Crippen molar-refractivity contribution in [1.29, 1.82) is 0 Å². The van der Waals surface area contributed by atoms with Gasteiger partial charge < -0.3 is 10.3 Å². The summed E-state index contributed by atoms with van der Waals surface area (Å²) in [5.41, 5.74) is 13.6. The zero-order valence-corrected chi connectivity index (χ0v) is 15.2. The highest BCUT2D eigenvalue weighted by Gasteiger charge is 2.41. The summed E-state index contributed by atoms with van der Waals surface area (Å²) in [6.07, 6.45) is 4.48. The molecule has 2 aliphatic rings. The van der Waals surface area contributed by atoms with Crippen molar-refractivity contribution in [2.24, 2.45) is 5.92 Å². The van der Waals surface area contributed by atoms with Gasteiger partial charge in [-0.15, -0.1) is 0 Å². The molecular weight excluding hydrogens is 322 g/mol. The summed E-state index contributed by atoms with van der Waals surface area (Å²) in [7, 11) is 0. The highest BCUT2D eigenvalue weighted by atomic mass is 16.5. The summed E-state index contributed by atoms with van der Waals surface area (Å²) in [4.78, 5) is 4.58. The zero-order valence-electron chi connectivity index (χ0n) is 15.2. The first-order valence-electron chi connectivity index (χ1n) is 9.37. The Labute approximate surface area is 153 Å². The summed E-state index contributed by atoms with van der Waals surface area (Å²) in [5.74, 6) is 2.09. The lowest BCUT2D eigenvalue weighted by Crippen LogP contribution is -2.28. The summed E-state index contributed by atoms with van der Waals surface area (Å²) in [6, 6.07) is 13.0. The highest BCUT2D eigenvalue weighted by molar-refractivity contribution is 5.83. The standard InChI is InChI=1S/C22H23N3O/c1-13-24-21(25-26-13)22(2,12-14-7-8-14)19-10-9-17-16-6-4-3-5-15(16)11-18(17)20(19)23/h3-6,9-10,14H,7-8,11-12,23H2,1-2H3/t22-/m0/s1. The van der Waals surface area contributed by atoms with Crippen LogP contribution in [0.3, 0.4) is 0 Å². The smallest absolute Gasteiger partial charge is 0.223 e. The molecule has 0 amide bonds. The Morgan fingerprint density at radius 1 is 1.15 bits per heavy atom. The SMILES string of the molecule is Cc1nc([C@@](C)(CC2CC2)c2ccc3c(c2N)Cc2ccccc2-3)no1. The number of hydrogen-bond acceptors (Lipinski definition) is 4. The Morgan fingerprint density at radius 2 is 1.96 bits per heavy atom. The quantitative estimate of drug-likeness (QED) is 0.547. The van der Waals surface area contributed by atoms with Gasteiger partial charge in [-0.25, -0.2) is 0 Å². The van der Waals surface area contributed by atoms with Crippen LogP contribution < -0.4 is 5.73 Å². The molecule has 2 N–H and O–H groups in total. The molecule has 0 aliphatic heterocycles. The van der Waals surface area contributed by atoms with Crippen molar-refractivity contribution < 1.29 is 4.52 Å². The number of nitrogen functional groups attached to an aromatic ring is 1. The molecule has 26 heavy (non-hydrogen) atoms. The Morgan fingerprint density at radius 3 is 2.69 bits per heavy atom. The van der Waals surface area contributed by atoms with Crippen LogP contribution in [0, 0.1) is 12.8 Å². The minimum absolute atomic E-state index is 0.313. The molecule has 3 aromatic rings. The summed E-state index contributed by atoms with van der Waals surface area (Å²) in [5, 5.41) is 4.28.